The van der Waals surface area contributed by atoms with E-state index in [1.54, 1.807) is 0 Å². The van der Waals surface area contributed by atoms with E-state index in [1.807, 2.05) is 6.92 Å². The van der Waals surface area contributed by atoms with E-state index < -0.39 is 0 Å². The molecule has 0 saturated heterocycles. The molecule has 0 saturated carbocycles. The first kappa shape index (κ1) is 25.4. The van der Waals surface area contributed by atoms with Gasteiger partial charge in [0.25, 0.3) is 0 Å². The zero-order chi connectivity index (χ0) is 20.5. The van der Waals surface area contributed by atoms with Crippen molar-refractivity contribution in [2.24, 2.45) is 4.99 Å². The summed E-state index contributed by atoms with van der Waals surface area (Å²) >= 11 is 0. The topological polar surface area (TPSA) is 32.6 Å². The summed E-state index contributed by atoms with van der Waals surface area (Å²) in [6.07, 6.45) is 24.5. The molecule has 164 valence electrons. The normalized spacial score (nSPS) is 20.8. The molecule has 1 aliphatic rings. The van der Waals surface area contributed by atoms with Crippen LogP contribution in [0.25, 0.3) is 0 Å². The standard InChI is InChI=1S/C25H49N2O/c1-4-6-7-8-9-10-11-12-13-14-15-16-17-18-19-20-21-25-26-22-23-27(25,5-2)24(3)28/h17-18,24,28H,4-16,19-23H2,1-3H3/q+1/b18-17+. The van der Waals surface area contributed by atoms with Crippen molar-refractivity contribution in [1.82, 2.24) is 0 Å². The van der Waals surface area contributed by atoms with E-state index in [2.05, 4.69) is 26.0 Å². The van der Waals surface area contributed by atoms with Crippen LogP contribution < -0.4 is 0 Å². The number of aliphatic hydroxyl groups excluding tert-OH is 1. The van der Waals surface area contributed by atoms with Crippen LogP contribution in [0.1, 0.15) is 117 Å². The summed E-state index contributed by atoms with van der Waals surface area (Å²) in [7, 11) is 0. The number of quaternary nitrogens is 1. The molecule has 2 atom stereocenters. The number of hydrogen-bond acceptors (Lipinski definition) is 2. The Labute approximate surface area is 175 Å². The number of amidine groups is 1. The third kappa shape index (κ3) is 9.69. The van der Waals surface area contributed by atoms with Gasteiger partial charge in [-0.2, -0.15) is 0 Å². The Kier molecular flexibility index (Phi) is 14.6. The first-order valence-electron chi connectivity index (χ1n) is 12.4. The molecular weight excluding hydrogens is 344 g/mol. The monoisotopic (exact) mass is 393 g/mol. The van der Waals surface area contributed by atoms with E-state index in [0.717, 1.165) is 38.9 Å². The molecule has 0 aromatic rings. The number of nitrogens with zero attached hydrogens (tertiary/aromatic N) is 2. The fraction of sp³-hybridized carbons (Fsp3) is 0.880. The van der Waals surface area contributed by atoms with Gasteiger partial charge < -0.3 is 5.11 Å². The third-order valence-corrected chi connectivity index (χ3v) is 6.50. The molecule has 0 radical (unpaired) electrons. The quantitative estimate of drug-likeness (QED) is 0.152. The molecule has 1 heterocycles. The highest BCUT2D eigenvalue weighted by Gasteiger charge is 2.40. The zero-order valence-corrected chi connectivity index (χ0v) is 19.3. The Morgan fingerprint density at radius 1 is 0.857 bits per heavy atom. The summed E-state index contributed by atoms with van der Waals surface area (Å²) in [6.45, 7) is 9.17. The van der Waals surface area contributed by atoms with Crippen molar-refractivity contribution in [1.29, 1.82) is 0 Å². The van der Waals surface area contributed by atoms with Crippen LogP contribution >= 0.6 is 0 Å². The fourth-order valence-corrected chi connectivity index (χ4v) is 4.48. The number of rotatable bonds is 18. The van der Waals surface area contributed by atoms with Gasteiger partial charge in [0.05, 0.1) is 13.1 Å². The molecule has 0 aliphatic carbocycles. The van der Waals surface area contributed by atoms with Gasteiger partial charge in [-0.25, -0.2) is 4.99 Å². The largest absolute Gasteiger partial charge is 0.345 e. The lowest BCUT2D eigenvalue weighted by Gasteiger charge is -2.36. The van der Waals surface area contributed by atoms with Crippen molar-refractivity contribution in [3.8, 4) is 0 Å². The van der Waals surface area contributed by atoms with Crippen LogP contribution in [0.2, 0.25) is 0 Å². The molecule has 3 nitrogen and oxygen atoms in total. The van der Waals surface area contributed by atoms with Crippen LogP contribution in [-0.4, -0.2) is 41.3 Å². The maximum atomic E-state index is 10.2. The van der Waals surface area contributed by atoms with E-state index in [1.165, 1.54) is 82.9 Å². The van der Waals surface area contributed by atoms with E-state index in [-0.39, 0.29) is 6.23 Å². The van der Waals surface area contributed by atoms with Crippen molar-refractivity contribution in [3.63, 3.8) is 0 Å². The molecular formula is C25H49N2O+. The van der Waals surface area contributed by atoms with Crippen LogP contribution in [0.15, 0.2) is 17.1 Å². The predicted octanol–water partition coefficient (Wildman–Crippen LogP) is 7.00. The zero-order valence-electron chi connectivity index (χ0n) is 19.3. The summed E-state index contributed by atoms with van der Waals surface area (Å²) < 4.78 is 0.697. The van der Waals surface area contributed by atoms with Crippen molar-refractivity contribution in [2.75, 3.05) is 19.6 Å². The molecule has 0 spiro atoms. The number of allylic oxidation sites excluding steroid dienone is 2. The smallest absolute Gasteiger partial charge is 0.200 e. The lowest BCUT2D eigenvalue weighted by Crippen LogP contribution is -2.56. The lowest BCUT2D eigenvalue weighted by atomic mass is 10.1. The minimum Gasteiger partial charge on any atom is -0.345 e. The highest BCUT2D eigenvalue weighted by molar-refractivity contribution is 5.76. The summed E-state index contributed by atoms with van der Waals surface area (Å²) in [6, 6.07) is 0. The highest BCUT2D eigenvalue weighted by Crippen LogP contribution is 2.22. The molecule has 0 aromatic carbocycles. The maximum Gasteiger partial charge on any atom is 0.200 e. The molecule has 1 N–H and O–H groups in total. The van der Waals surface area contributed by atoms with Crippen LogP contribution in [0.5, 0.6) is 0 Å². The van der Waals surface area contributed by atoms with Gasteiger partial charge in [-0.3, -0.25) is 4.48 Å². The molecule has 3 heteroatoms. The Morgan fingerprint density at radius 3 is 1.93 bits per heavy atom. The number of aliphatic hydroxyl groups is 1. The second-order valence-electron chi connectivity index (χ2n) is 8.69. The molecule has 1 rings (SSSR count). The number of hydrogen-bond donors (Lipinski definition) is 1. The van der Waals surface area contributed by atoms with Gasteiger partial charge in [-0.1, -0.05) is 83.3 Å². The minimum absolute atomic E-state index is 0.331. The molecule has 0 bridgehead atoms. The van der Waals surface area contributed by atoms with Crippen molar-refractivity contribution >= 4 is 5.84 Å². The molecule has 0 fully saturated rings. The second kappa shape index (κ2) is 16.2. The maximum absolute atomic E-state index is 10.2. The first-order chi connectivity index (χ1) is 13.7. The number of unbranched alkanes of at least 4 members (excludes halogenated alkanes) is 12. The number of aliphatic imine (C=N–C) groups is 1. The van der Waals surface area contributed by atoms with Gasteiger partial charge in [-0.15, -0.1) is 0 Å². The highest BCUT2D eigenvalue weighted by atomic mass is 16.3. The molecule has 2 unspecified atom stereocenters. The van der Waals surface area contributed by atoms with Crippen LogP contribution in [-0.2, 0) is 0 Å². The average Bonchev–Trinajstić information content (AvgIpc) is 3.12. The average molecular weight is 394 g/mol. The van der Waals surface area contributed by atoms with Gasteiger partial charge in [0.15, 0.2) is 6.23 Å². The van der Waals surface area contributed by atoms with Gasteiger partial charge in [0.2, 0.25) is 5.84 Å². The SMILES string of the molecule is CCCCCCCCCCCCC/C=C/CCCC1=NCC[N+]1(CC)C(C)O. The van der Waals surface area contributed by atoms with Gasteiger partial charge in [-0.05, 0) is 32.6 Å². The van der Waals surface area contributed by atoms with Crippen molar-refractivity contribution in [2.45, 2.75) is 123 Å². The molecule has 0 aromatic heterocycles. The van der Waals surface area contributed by atoms with E-state index in [0.29, 0.717) is 4.48 Å². The van der Waals surface area contributed by atoms with Gasteiger partial charge in [0.1, 0.15) is 6.54 Å². The molecule has 1 aliphatic heterocycles. The van der Waals surface area contributed by atoms with E-state index in [4.69, 9.17) is 4.99 Å². The Hall–Kier alpha value is -0.670. The van der Waals surface area contributed by atoms with E-state index in [9.17, 15) is 5.11 Å². The van der Waals surface area contributed by atoms with Crippen molar-refractivity contribution < 1.29 is 9.59 Å². The fourth-order valence-electron chi connectivity index (χ4n) is 4.48. The van der Waals surface area contributed by atoms with Gasteiger partial charge >= 0.3 is 0 Å². The summed E-state index contributed by atoms with van der Waals surface area (Å²) in [5, 5.41) is 10.2. The van der Waals surface area contributed by atoms with Gasteiger partial charge in [0, 0.05) is 13.3 Å². The van der Waals surface area contributed by atoms with Crippen LogP contribution in [0.3, 0.4) is 0 Å². The lowest BCUT2D eigenvalue weighted by molar-refractivity contribution is -0.882. The van der Waals surface area contributed by atoms with Crippen molar-refractivity contribution in [3.05, 3.63) is 12.2 Å². The second-order valence-corrected chi connectivity index (χ2v) is 8.69. The summed E-state index contributed by atoms with van der Waals surface area (Å²) in [5.41, 5.74) is 0. The number of likely N-dealkylation sites (N-methyl/N-ethyl adjacent to an activating group) is 1. The first-order valence-corrected chi connectivity index (χ1v) is 12.4. The Bertz CT molecular complexity index is 430. The summed E-state index contributed by atoms with van der Waals surface area (Å²) in [5.74, 6) is 1.22. The predicted molar refractivity (Wildman–Crippen MR) is 124 cm³/mol. The Morgan fingerprint density at radius 2 is 1.39 bits per heavy atom. The van der Waals surface area contributed by atoms with Crippen LogP contribution in [0.4, 0.5) is 0 Å². The molecule has 0 amide bonds. The van der Waals surface area contributed by atoms with Crippen LogP contribution in [0, 0.1) is 0 Å². The third-order valence-electron chi connectivity index (χ3n) is 6.50. The molecule has 28 heavy (non-hydrogen) atoms. The Balaban J connectivity index is 1.94. The van der Waals surface area contributed by atoms with E-state index >= 15 is 0 Å². The minimum atomic E-state index is -0.331. The summed E-state index contributed by atoms with van der Waals surface area (Å²) in [4.78, 5) is 4.69.